The van der Waals surface area contributed by atoms with Crippen molar-refractivity contribution in [1.82, 2.24) is 4.98 Å². The first-order valence-corrected chi connectivity index (χ1v) is 4.56. The van der Waals surface area contributed by atoms with Gasteiger partial charge in [0.05, 0.1) is 12.6 Å². The molecule has 15 heavy (non-hydrogen) atoms. The van der Waals surface area contributed by atoms with Gasteiger partial charge in [0.15, 0.2) is 11.0 Å². The van der Waals surface area contributed by atoms with Crippen LogP contribution in [-0.4, -0.2) is 4.98 Å². The quantitative estimate of drug-likeness (QED) is 0.474. The van der Waals surface area contributed by atoms with E-state index in [0.717, 1.165) is 12.2 Å². The molecule has 0 amide bonds. The molecule has 0 aliphatic carbocycles. The van der Waals surface area contributed by atoms with Gasteiger partial charge in [0.2, 0.25) is 0 Å². The molecular weight excluding hydrogens is 233 g/mol. The molecule has 0 radical (unpaired) electrons. The molecule has 2 aromatic rings. The summed E-state index contributed by atoms with van der Waals surface area (Å²) < 4.78 is 2.26. The van der Waals surface area contributed by atoms with Crippen molar-refractivity contribution < 1.29 is 35.1 Å². The van der Waals surface area contributed by atoms with Crippen molar-refractivity contribution in [1.29, 1.82) is 0 Å². The Hall–Kier alpha value is -0.770. The third-order valence-electron chi connectivity index (χ3n) is 2.39. The number of hydrogen-bond acceptors (Lipinski definition) is 0. The minimum absolute atomic E-state index is 0. The zero-order chi connectivity index (χ0) is 9.42. The van der Waals surface area contributed by atoms with E-state index in [9.17, 15) is 0 Å². The number of H-pyrrole nitrogens is 1. The molecule has 5 heteroatoms. The highest BCUT2D eigenvalue weighted by molar-refractivity contribution is 5.74. The van der Waals surface area contributed by atoms with Crippen molar-refractivity contribution in [3.63, 3.8) is 0 Å². The van der Waals surface area contributed by atoms with Crippen LogP contribution < -0.4 is 35.1 Å². The number of rotatable bonds is 1. The molecule has 0 aliphatic rings. The number of quaternary nitrogens is 1. The Morgan fingerprint density at radius 3 is 2.60 bits per heavy atom. The first-order chi connectivity index (χ1) is 6.22. The topological polar surface area (TPSA) is 47.3 Å². The Balaban J connectivity index is 0.000000980. The predicted molar refractivity (Wildman–Crippen MR) is 51.5 cm³/mol. The maximum atomic E-state index is 3.91. The largest absolute Gasteiger partial charge is 1.00 e. The average molecular weight is 248 g/mol. The number of halogens is 2. The van der Waals surface area contributed by atoms with Crippen LogP contribution in [0, 0.1) is 6.92 Å². The third kappa shape index (κ3) is 2.43. The van der Waals surface area contributed by atoms with Gasteiger partial charge in [-0.2, -0.15) is 0 Å². The number of nitrogens with one attached hydrogen (secondary N) is 1. The lowest BCUT2D eigenvalue weighted by molar-refractivity contribution is -0.673. The first-order valence-electron chi connectivity index (χ1n) is 4.56. The smallest absolute Gasteiger partial charge is 0.251 e. The van der Waals surface area contributed by atoms with Crippen LogP contribution in [0.1, 0.15) is 12.7 Å². The number of benzene rings is 1. The number of imidazole rings is 1. The average Bonchev–Trinajstić information content (AvgIpc) is 2.39. The van der Waals surface area contributed by atoms with Gasteiger partial charge in [-0.25, -0.2) is 9.55 Å². The molecule has 4 N–H and O–H groups in total. The molecule has 0 aliphatic heterocycles. The van der Waals surface area contributed by atoms with E-state index in [1.807, 2.05) is 6.07 Å². The number of hydrogen-bond donors (Lipinski definition) is 2. The Morgan fingerprint density at radius 2 is 2.00 bits per heavy atom. The summed E-state index contributed by atoms with van der Waals surface area (Å²) in [5.41, 5.74) is 7.39. The van der Waals surface area contributed by atoms with E-state index in [-0.39, 0.29) is 24.8 Å². The molecule has 0 saturated carbocycles. The van der Waals surface area contributed by atoms with Gasteiger partial charge in [-0.05, 0) is 13.0 Å². The van der Waals surface area contributed by atoms with Crippen LogP contribution >= 0.6 is 0 Å². The van der Waals surface area contributed by atoms with E-state index in [0.29, 0.717) is 0 Å². The summed E-state index contributed by atoms with van der Waals surface area (Å²) in [5, 5.41) is 0. The highest BCUT2D eigenvalue weighted by Crippen LogP contribution is 2.12. The second-order valence-electron chi connectivity index (χ2n) is 3.31. The van der Waals surface area contributed by atoms with Crippen LogP contribution in [0.3, 0.4) is 0 Å². The number of fused-ring (bicyclic) bond motifs is 1. The van der Waals surface area contributed by atoms with Crippen LogP contribution in [0.15, 0.2) is 18.2 Å². The van der Waals surface area contributed by atoms with Crippen LogP contribution in [0.4, 0.5) is 5.69 Å². The number of aromatic amines is 1. The van der Waals surface area contributed by atoms with Crippen LogP contribution in [0.2, 0.25) is 0 Å². The van der Waals surface area contributed by atoms with E-state index in [2.05, 4.69) is 41.3 Å². The summed E-state index contributed by atoms with van der Waals surface area (Å²) in [6, 6.07) is 6.24. The number of aryl methyl sites for hydroxylation is 2. The Kier molecular flexibility index (Phi) is 5.08. The van der Waals surface area contributed by atoms with Gasteiger partial charge in [0.1, 0.15) is 5.69 Å². The lowest BCUT2D eigenvalue weighted by Crippen LogP contribution is -3.00. The van der Waals surface area contributed by atoms with Crippen LogP contribution in [0.25, 0.3) is 11.0 Å². The zero-order valence-corrected chi connectivity index (χ0v) is 10.4. The minimum atomic E-state index is 0. The van der Waals surface area contributed by atoms with E-state index in [4.69, 9.17) is 0 Å². The summed E-state index contributed by atoms with van der Waals surface area (Å²) >= 11 is 0. The molecule has 0 fully saturated rings. The molecule has 0 spiro atoms. The SMILES string of the molecule is CC[n+]1c(C)[nH]c2cc([NH3+])ccc21.[Cl-].[Cl-]. The van der Waals surface area contributed by atoms with E-state index >= 15 is 0 Å². The van der Waals surface area contributed by atoms with E-state index in [1.54, 1.807) is 0 Å². The Bertz CT molecular complexity index is 451. The van der Waals surface area contributed by atoms with Crippen molar-refractivity contribution in [2.75, 3.05) is 0 Å². The highest BCUT2D eigenvalue weighted by atomic mass is 35.5. The molecule has 1 aromatic heterocycles. The fraction of sp³-hybridized carbons (Fsp3) is 0.300. The monoisotopic (exact) mass is 247 g/mol. The molecule has 0 unspecified atom stereocenters. The summed E-state index contributed by atoms with van der Waals surface area (Å²) in [4.78, 5) is 3.34. The van der Waals surface area contributed by atoms with Crippen molar-refractivity contribution in [2.45, 2.75) is 20.4 Å². The minimum Gasteiger partial charge on any atom is -1.00 e. The van der Waals surface area contributed by atoms with Gasteiger partial charge in [-0.1, -0.05) is 0 Å². The molecular formula is C10H15Cl2N3. The van der Waals surface area contributed by atoms with Gasteiger partial charge < -0.3 is 30.5 Å². The summed E-state index contributed by atoms with van der Waals surface area (Å²) in [6.45, 7) is 5.24. The molecule has 1 heterocycles. The summed E-state index contributed by atoms with van der Waals surface area (Å²) in [5.74, 6) is 1.20. The number of aromatic nitrogens is 2. The van der Waals surface area contributed by atoms with E-state index < -0.39 is 0 Å². The van der Waals surface area contributed by atoms with Gasteiger partial charge in [-0.3, -0.25) is 0 Å². The molecule has 3 nitrogen and oxygen atoms in total. The third-order valence-corrected chi connectivity index (χ3v) is 2.39. The summed E-state index contributed by atoms with van der Waals surface area (Å²) in [6.07, 6.45) is 0. The molecule has 1 aromatic carbocycles. The van der Waals surface area contributed by atoms with Crippen molar-refractivity contribution >= 4 is 16.7 Å². The number of nitrogens with zero attached hydrogens (tertiary/aromatic N) is 1. The van der Waals surface area contributed by atoms with Crippen molar-refractivity contribution in [2.24, 2.45) is 0 Å². The molecule has 2 rings (SSSR count). The first kappa shape index (κ1) is 14.2. The zero-order valence-electron chi connectivity index (χ0n) is 8.85. The van der Waals surface area contributed by atoms with Gasteiger partial charge in [0.25, 0.3) is 5.82 Å². The molecule has 84 valence electrons. The maximum absolute atomic E-state index is 3.91. The lowest BCUT2D eigenvalue weighted by atomic mass is 10.3. The van der Waals surface area contributed by atoms with Crippen molar-refractivity contribution in [3.05, 3.63) is 24.0 Å². The summed E-state index contributed by atoms with van der Waals surface area (Å²) in [7, 11) is 0. The van der Waals surface area contributed by atoms with Gasteiger partial charge >= 0.3 is 0 Å². The second kappa shape index (κ2) is 5.35. The van der Waals surface area contributed by atoms with Crippen molar-refractivity contribution in [3.8, 4) is 0 Å². The molecule has 0 bridgehead atoms. The second-order valence-corrected chi connectivity index (χ2v) is 3.31. The molecule has 0 saturated heterocycles. The Labute approximate surface area is 101 Å². The predicted octanol–water partition coefficient (Wildman–Crippen LogP) is -5.33. The fourth-order valence-electron chi connectivity index (χ4n) is 1.77. The standard InChI is InChI=1S/C10H13N3.2ClH/c1-3-13-7(2)12-9-6-8(11)4-5-10(9)13;;/h4-6H,3,11H2,1-2H3;2*1H. The lowest BCUT2D eigenvalue weighted by Gasteiger charge is -1.92. The normalized spacial score (nSPS) is 9.53. The van der Waals surface area contributed by atoms with E-state index in [1.165, 1.54) is 16.9 Å². The maximum Gasteiger partial charge on any atom is 0.251 e. The molecule has 0 atom stereocenters. The Morgan fingerprint density at radius 1 is 1.33 bits per heavy atom. The fourth-order valence-corrected chi connectivity index (χ4v) is 1.77. The van der Waals surface area contributed by atoms with Crippen LogP contribution in [-0.2, 0) is 6.54 Å². The van der Waals surface area contributed by atoms with Gasteiger partial charge in [0, 0.05) is 13.0 Å². The highest BCUT2D eigenvalue weighted by Gasteiger charge is 2.13. The van der Waals surface area contributed by atoms with Crippen LogP contribution in [0.5, 0.6) is 0 Å². The van der Waals surface area contributed by atoms with Gasteiger partial charge in [-0.15, -0.1) is 0 Å².